The highest BCUT2D eigenvalue weighted by atomic mass is 79.9. The first-order valence-electron chi connectivity index (χ1n) is 12.7. The molecule has 0 fully saturated rings. The summed E-state index contributed by atoms with van der Waals surface area (Å²) >= 11 is 16.0. The van der Waals surface area contributed by atoms with Crippen molar-refractivity contribution in [2.75, 3.05) is 17.1 Å². The van der Waals surface area contributed by atoms with E-state index in [1.807, 2.05) is 68.4 Å². The fraction of sp³-hybridized carbons (Fsp3) is 0.310. The lowest BCUT2D eigenvalue weighted by Gasteiger charge is -2.34. The number of halogens is 3. The number of carbonyl (C=O) groups excluding carboxylic acids is 2. The summed E-state index contributed by atoms with van der Waals surface area (Å²) in [4.78, 5) is 29.2. The lowest BCUT2D eigenvalue weighted by molar-refractivity contribution is -0.140. The molecule has 7 nitrogen and oxygen atoms in total. The molecule has 0 saturated heterocycles. The zero-order valence-corrected chi connectivity index (χ0v) is 26.4. The van der Waals surface area contributed by atoms with Crippen molar-refractivity contribution in [1.29, 1.82) is 0 Å². The molecule has 214 valence electrons. The molecule has 3 rings (SSSR count). The van der Waals surface area contributed by atoms with Gasteiger partial charge >= 0.3 is 0 Å². The van der Waals surface area contributed by atoms with Gasteiger partial charge in [-0.15, -0.1) is 0 Å². The van der Waals surface area contributed by atoms with Gasteiger partial charge in [0, 0.05) is 23.5 Å². The van der Waals surface area contributed by atoms with Crippen LogP contribution in [0.4, 0.5) is 5.69 Å². The second kappa shape index (κ2) is 14.3. The molecule has 0 aliphatic rings. The van der Waals surface area contributed by atoms with Crippen molar-refractivity contribution in [3.63, 3.8) is 0 Å². The second-order valence-electron chi connectivity index (χ2n) is 9.51. The highest BCUT2D eigenvalue weighted by Crippen LogP contribution is 2.34. The highest BCUT2D eigenvalue weighted by Gasteiger charge is 2.34. The van der Waals surface area contributed by atoms with Gasteiger partial charge in [-0.25, -0.2) is 8.42 Å². The van der Waals surface area contributed by atoms with Crippen LogP contribution in [0.3, 0.4) is 0 Å². The summed E-state index contributed by atoms with van der Waals surface area (Å²) in [6, 6.07) is 20.3. The van der Waals surface area contributed by atoms with Gasteiger partial charge < -0.3 is 10.2 Å². The van der Waals surface area contributed by atoms with Crippen LogP contribution in [0.5, 0.6) is 0 Å². The number of anilines is 1. The summed E-state index contributed by atoms with van der Waals surface area (Å²) < 4.78 is 27.6. The fourth-order valence-electron chi connectivity index (χ4n) is 4.06. The van der Waals surface area contributed by atoms with Crippen molar-refractivity contribution in [3.8, 4) is 0 Å². The van der Waals surface area contributed by atoms with Gasteiger partial charge in [-0.1, -0.05) is 94.6 Å². The van der Waals surface area contributed by atoms with Crippen molar-refractivity contribution in [1.82, 2.24) is 10.2 Å². The van der Waals surface area contributed by atoms with E-state index in [2.05, 4.69) is 21.2 Å². The number of nitrogens with one attached hydrogen (secondary N) is 1. The third-order valence-corrected chi connectivity index (χ3v) is 8.88. The maximum atomic E-state index is 14.1. The molecule has 0 spiro atoms. The number of nitrogens with zero attached hydrogens (tertiary/aromatic N) is 2. The Morgan fingerprint density at radius 3 is 2.20 bits per heavy atom. The number of carbonyl (C=O) groups is 2. The molecular formula is C29H32BrCl2N3O4S. The second-order valence-corrected chi connectivity index (χ2v) is 13.1. The average Bonchev–Trinajstić information content (AvgIpc) is 2.91. The van der Waals surface area contributed by atoms with Gasteiger partial charge in [-0.3, -0.25) is 13.9 Å². The first kappa shape index (κ1) is 31.9. The molecule has 3 aromatic rings. The van der Waals surface area contributed by atoms with Gasteiger partial charge in [-0.05, 0) is 48.7 Å². The zero-order valence-electron chi connectivity index (χ0n) is 22.5. The lowest BCUT2D eigenvalue weighted by Crippen LogP contribution is -2.54. The molecule has 0 radical (unpaired) electrons. The normalized spacial score (nSPS) is 12.8. The molecule has 3 aromatic carbocycles. The van der Waals surface area contributed by atoms with E-state index in [9.17, 15) is 18.0 Å². The topological polar surface area (TPSA) is 86.8 Å². The molecule has 0 unspecified atom stereocenters. The molecule has 0 heterocycles. The lowest BCUT2D eigenvalue weighted by atomic mass is 10.0. The van der Waals surface area contributed by atoms with E-state index >= 15 is 0 Å². The summed E-state index contributed by atoms with van der Waals surface area (Å²) in [5, 5.41) is 3.17. The SMILES string of the molecule is CC[C@@H](C)NC(=O)[C@@H](Cc1ccccc1)N(Cc1ccc(Br)cc1)C(=O)CN(c1cccc(Cl)c1Cl)S(C)(=O)=O. The Balaban J connectivity index is 2.08. The third kappa shape index (κ3) is 8.70. The monoisotopic (exact) mass is 667 g/mol. The van der Waals surface area contributed by atoms with Crippen LogP contribution in [0.25, 0.3) is 0 Å². The summed E-state index contributed by atoms with van der Waals surface area (Å²) in [5.74, 6) is -0.889. The van der Waals surface area contributed by atoms with Gasteiger partial charge in [-0.2, -0.15) is 0 Å². The van der Waals surface area contributed by atoms with Crippen LogP contribution in [0.15, 0.2) is 77.3 Å². The third-order valence-electron chi connectivity index (χ3n) is 6.42. The zero-order chi connectivity index (χ0) is 29.4. The molecule has 2 amide bonds. The first-order valence-corrected chi connectivity index (χ1v) is 16.1. The van der Waals surface area contributed by atoms with Gasteiger partial charge in [0.15, 0.2) is 0 Å². The maximum absolute atomic E-state index is 14.1. The maximum Gasteiger partial charge on any atom is 0.244 e. The first-order chi connectivity index (χ1) is 18.9. The molecule has 0 saturated carbocycles. The molecule has 0 aromatic heterocycles. The van der Waals surface area contributed by atoms with E-state index in [1.165, 1.54) is 17.0 Å². The Morgan fingerprint density at radius 1 is 0.950 bits per heavy atom. The summed E-state index contributed by atoms with van der Waals surface area (Å²) in [5.41, 5.74) is 1.72. The fourth-order valence-corrected chi connectivity index (χ4v) is 5.63. The average molecular weight is 669 g/mol. The number of amides is 2. The molecule has 2 atom stereocenters. The summed E-state index contributed by atoms with van der Waals surface area (Å²) in [7, 11) is -3.96. The molecular weight excluding hydrogens is 637 g/mol. The van der Waals surface area contributed by atoms with Gasteiger partial charge in [0.25, 0.3) is 0 Å². The van der Waals surface area contributed by atoms with Crippen molar-refractivity contribution in [2.24, 2.45) is 0 Å². The largest absolute Gasteiger partial charge is 0.352 e. The predicted molar refractivity (Wildman–Crippen MR) is 165 cm³/mol. The molecule has 11 heteroatoms. The van der Waals surface area contributed by atoms with Gasteiger partial charge in [0.1, 0.15) is 12.6 Å². The van der Waals surface area contributed by atoms with Crippen LogP contribution in [0.2, 0.25) is 10.0 Å². The molecule has 40 heavy (non-hydrogen) atoms. The van der Waals surface area contributed by atoms with E-state index < -0.39 is 28.5 Å². The number of rotatable bonds is 12. The van der Waals surface area contributed by atoms with E-state index in [0.29, 0.717) is 6.42 Å². The van der Waals surface area contributed by atoms with Crippen LogP contribution in [-0.2, 0) is 32.6 Å². The molecule has 0 aliphatic carbocycles. The Hall–Kier alpha value is -2.59. The van der Waals surface area contributed by atoms with E-state index in [-0.39, 0.29) is 40.6 Å². The Kier molecular flexibility index (Phi) is 11.5. The summed E-state index contributed by atoms with van der Waals surface area (Å²) in [6.45, 7) is 3.36. The number of hydrogen-bond donors (Lipinski definition) is 1. The smallest absolute Gasteiger partial charge is 0.244 e. The molecule has 1 N–H and O–H groups in total. The van der Waals surface area contributed by atoms with E-state index in [4.69, 9.17) is 23.2 Å². The van der Waals surface area contributed by atoms with Crippen LogP contribution < -0.4 is 9.62 Å². The quantitative estimate of drug-likeness (QED) is 0.254. The van der Waals surface area contributed by atoms with Crippen molar-refractivity contribution < 1.29 is 18.0 Å². The van der Waals surface area contributed by atoms with Crippen LogP contribution in [0.1, 0.15) is 31.4 Å². The van der Waals surface area contributed by atoms with Crippen LogP contribution >= 0.6 is 39.1 Å². The number of benzene rings is 3. The van der Waals surface area contributed by atoms with Crippen molar-refractivity contribution in [3.05, 3.63) is 98.4 Å². The predicted octanol–water partition coefficient (Wildman–Crippen LogP) is 6.08. The Labute approximate surface area is 254 Å². The number of sulfonamides is 1. The van der Waals surface area contributed by atoms with Crippen molar-refractivity contribution in [2.45, 2.75) is 45.3 Å². The minimum absolute atomic E-state index is 0.0113. The highest BCUT2D eigenvalue weighted by molar-refractivity contribution is 9.10. The van der Waals surface area contributed by atoms with Gasteiger partial charge in [0.05, 0.1) is 22.0 Å². The van der Waals surface area contributed by atoms with Gasteiger partial charge in [0.2, 0.25) is 21.8 Å². The summed E-state index contributed by atoms with van der Waals surface area (Å²) in [6.07, 6.45) is 1.94. The Bertz CT molecular complexity index is 1420. The van der Waals surface area contributed by atoms with E-state index in [0.717, 1.165) is 26.2 Å². The Morgan fingerprint density at radius 2 is 1.60 bits per heavy atom. The molecule has 0 aliphatic heterocycles. The minimum Gasteiger partial charge on any atom is -0.352 e. The van der Waals surface area contributed by atoms with E-state index in [1.54, 1.807) is 6.07 Å². The van der Waals surface area contributed by atoms with Crippen LogP contribution in [0, 0.1) is 0 Å². The standard InChI is InChI=1S/C29H32BrCl2N3O4S/c1-4-20(2)33-29(37)26(17-21-9-6-5-7-10-21)34(18-22-13-15-23(30)16-14-22)27(36)19-35(40(3,38)39)25-12-8-11-24(31)28(25)32/h5-16,20,26H,4,17-19H2,1-3H3,(H,33,37)/t20-,26-/m1/s1. The number of hydrogen-bond acceptors (Lipinski definition) is 4. The minimum atomic E-state index is -3.96. The van der Waals surface area contributed by atoms with Crippen LogP contribution in [-0.4, -0.2) is 50.0 Å². The molecule has 0 bridgehead atoms. The van der Waals surface area contributed by atoms with Crippen molar-refractivity contribution >= 4 is 66.7 Å².